The smallest absolute Gasteiger partial charge is 0.125 e. The van der Waals surface area contributed by atoms with Crippen LogP contribution in [0.15, 0.2) is 40.9 Å². The number of imidazole rings is 1. The van der Waals surface area contributed by atoms with Crippen molar-refractivity contribution in [1.29, 1.82) is 0 Å². The van der Waals surface area contributed by atoms with Crippen molar-refractivity contribution < 1.29 is 8.78 Å². The molecule has 2 aromatic carbocycles. The second-order valence-electron chi connectivity index (χ2n) is 4.53. The number of rotatable bonds is 3. The van der Waals surface area contributed by atoms with Gasteiger partial charge >= 0.3 is 0 Å². The SMILES string of the molecule is Fc1ccc(-n2c(CCCl)nc3cc(F)ccc32)c(Br)c1. The number of fused-ring (bicyclic) bond motifs is 1. The molecule has 0 amide bonds. The molecular weight excluding hydrogens is 362 g/mol. The van der Waals surface area contributed by atoms with Crippen molar-refractivity contribution in [1.82, 2.24) is 9.55 Å². The van der Waals surface area contributed by atoms with E-state index >= 15 is 0 Å². The quantitative estimate of drug-likeness (QED) is 0.602. The van der Waals surface area contributed by atoms with Crippen LogP contribution < -0.4 is 0 Å². The lowest BCUT2D eigenvalue weighted by Crippen LogP contribution is -2.03. The summed E-state index contributed by atoms with van der Waals surface area (Å²) < 4.78 is 29.1. The minimum absolute atomic E-state index is 0.333. The summed E-state index contributed by atoms with van der Waals surface area (Å²) in [6, 6.07) is 8.82. The maximum absolute atomic E-state index is 13.4. The predicted octanol–water partition coefficient (Wildman–Crippen LogP) is 4.85. The van der Waals surface area contributed by atoms with Gasteiger partial charge in [0.15, 0.2) is 0 Å². The topological polar surface area (TPSA) is 17.8 Å². The lowest BCUT2D eigenvalue weighted by atomic mass is 10.2. The Morgan fingerprint density at radius 1 is 1.10 bits per heavy atom. The van der Waals surface area contributed by atoms with E-state index in [0.717, 1.165) is 11.2 Å². The molecule has 21 heavy (non-hydrogen) atoms. The highest BCUT2D eigenvalue weighted by Crippen LogP contribution is 2.28. The average molecular weight is 372 g/mol. The second kappa shape index (κ2) is 5.73. The Kier molecular flexibility index (Phi) is 3.95. The Balaban J connectivity index is 2.30. The fourth-order valence-electron chi connectivity index (χ4n) is 2.29. The lowest BCUT2D eigenvalue weighted by Gasteiger charge is -2.11. The largest absolute Gasteiger partial charge is 0.295 e. The number of benzene rings is 2. The number of halogens is 4. The highest BCUT2D eigenvalue weighted by molar-refractivity contribution is 9.10. The second-order valence-corrected chi connectivity index (χ2v) is 5.76. The van der Waals surface area contributed by atoms with Gasteiger partial charge in [0.25, 0.3) is 0 Å². The van der Waals surface area contributed by atoms with Gasteiger partial charge in [-0.1, -0.05) is 0 Å². The van der Waals surface area contributed by atoms with Crippen molar-refractivity contribution in [2.45, 2.75) is 6.42 Å². The predicted molar refractivity (Wildman–Crippen MR) is 83.1 cm³/mol. The maximum atomic E-state index is 13.4. The molecule has 0 aliphatic heterocycles. The van der Waals surface area contributed by atoms with Crippen molar-refractivity contribution in [3.8, 4) is 5.69 Å². The summed E-state index contributed by atoms with van der Waals surface area (Å²) in [4.78, 5) is 4.43. The molecule has 0 spiro atoms. The van der Waals surface area contributed by atoms with E-state index in [2.05, 4.69) is 20.9 Å². The van der Waals surface area contributed by atoms with Crippen LogP contribution in [-0.4, -0.2) is 15.4 Å². The number of nitrogens with zero attached hydrogens (tertiary/aromatic N) is 2. The molecule has 0 aliphatic rings. The van der Waals surface area contributed by atoms with Crippen LogP contribution >= 0.6 is 27.5 Å². The fraction of sp³-hybridized carbons (Fsp3) is 0.133. The lowest BCUT2D eigenvalue weighted by molar-refractivity contribution is 0.626. The maximum Gasteiger partial charge on any atom is 0.125 e. The molecule has 0 saturated carbocycles. The van der Waals surface area contributed by atoms with Gasteiger partial charge in [-0.3, -0.25) is 4.57 Å². The molecule has 1 heterocycles. The zero-order valence-electron chi connectivity index (χ0n) is 10.8. The summed E-state index contributed by atoms with van der Waals surface area (Å²) in [5.41, 5.74) is 2.04. The Morgan fingerprint density at radius 2 is 1.81 bits per heavy atom. The van der Waals surface area contributed by atoms with E-state index < -0.39 is 0 Å². The molecule has 6 heteroatoms. The molecular formula is C15H10BrClF2N2. The van der Waals surface area contributed by atoms with Gasteiger partial charge in [0.05, 0.1) is 16.7 Å². The number of hydrogen-bond donors (Lipinski definition) is 0. The molecule has 3 rings (SSSR count). The zero-order chi connectivity index (χ0) is 15.0. The van der Waals surface area contributed by atoms with Crippen molar-refractivity contribution in [3.63, 3.8) is 0 Å². The molecule has 0 radical (unpaired) electrons. The van der Waals surface area contributed by atoms with Gasteiger partial charge in [-0.05, 0) is 46.3 Å². The molecule has 0 atom stereocenters. The van der Waals surface area contributed by atoms with E-state index in [1.54, 1.807) is 12.1 Å². The average Bonchev–Trinajstić information content (AvgIpc) is 2.76. The van der Waals surface area contributed by atoms with Gasteiger partial charge in [-0.25, -0.2) is 13.8 Å². The molecule has 0 aliphatic carbocycles. The minimum atomic E-state index is -0.345. The molecule has 1 aromatic heterocycles. The van der Waals surface area contributed by atoms with Crippen molar-refractivity contribution in [2.75, 3.05) is 5.88 Å². The zero-order valence-corrected chi connectivity index (χ0v) is 13.1. The van der Waals surface area contributed by atoms with E-state index in [-0.39, 0.29) is 11.6 Å². The summed E-state index contributed by atoms with van der Waals surface area (Å²) in [6.07, 6.45) is 0.529. The van der Waals surface area contributed by atoms with Crippen molar-refractivity contribution in [2.24, 2.45) is 0 Å². The highest BCUT2D eigenvalue weighted by Gasteiger charge is 2.15. The van der Waals surface area contributed by atoms with Gasteiger partial charge in [0, 0.05) is 22.8 Å². The van der Waals surface area contributed by atoms with E-state index in [1.165, 1.54) is 24.3 Å². The van der Waals surface area contributed by atoms with Gasteiger partial charge in [-0.15, -0.1) is 11.6 Å². The molecule has 108 valence electrons. The van der Waals surface area contributed by atoms with Gasteiger partial charge in [0.1, 0.15) is 17.5 Å². The van der Waals surface area contributed by atoms with Crippen LogP contribution in [0.4, 0.5) is 8.78 Å². The number of hydrogen-bond acceptors (Lipinski definition) is 1. The summed E-state index contributed by atoms with van der Waals surface area (Å²) in [6.45, 7) is 0. The van der Waals surface area contributed by atoms with E-state index in [1.807, 2.05) is 4.57 Å². The van der Waals surface area contributed by atoms with Crippen LogP contribution in [0.1, 0.15) is 5.82 Å². The number of alkyl halides is 1. The third-order valence-corrected chi connectivity index (χ3v) is 3.98. The summed E-state index contributed by atoms with van der Waals surface area (Å²) in [5, 5.41) is 0. The molecule has 0 N–H and O–H groups in total. The number of aryl methyl sites for hydroxylation is 1. The first-order valence-electron chi connectivity index (χ1n) is 6.28. The van der Waals surface area contributed by atoms with Crippen molar-refractivity contribution in [3.05, 3.63) is 58.3 Å². The first kappa shape index (κ1) is 14.5. The first-order valence-corrected chi connectivity index (χ1v) is 7.61. The van der Waals surface area contributed by atoms with Crippen LogP contribution in [0.3, 0.4) is 0 Å². The molecule has 0 fully saturated rings. The monoisotopic (exact) mass is 370 g/mol. The summed E-state index contributed by atoms with van der Waals surface area (Å²) in [5.74, 6) is 0.422. The van der Waals surface area contributed by atoms with E-state index in [9.17, 15) is 8.78 Å². The molecule has 2 nitrogen and oxygen atoms in total. The van der Waals surface area contributed by atoms with Crippen LogP contribution in [0.2, 0.25) is 0 Å². The van der Waals surface area contributed by atoms with Crippen LogP contribution in [0, 0.1) is 11.6 Å². The Bertz CT molecular complexity index is 817. The minimum Gasteiger partial charge on any atom is -0.295 e. The first-order chi connectivity index (χ1) is 10.1. The standard InChI is InChI=1S/C15H10BrClF2N2/c16-11-7-9(18)1-3-13(11)21-14-4-2-10(19)8-12(14)20-15(21)5-6-17/h1-4,7-8H,5-6H2. The van der Waals surface area contributed by atoms with E-state index in [4.69, 9.17) is 11.6 Å². The van der Waals surface area contributed by atoms with Crippen LogP contribution in [0.25, 0.3) is 16.7 Å². The Labute approximate surface area is 133 Å². The summed E-state index contributed by atoms with van der Waals surface area (Å²) >= 11 is 9.18. The summed E-state index contributed by atoms with van der Waals surface area (Å²) in [7, 11) is 0. The normalized spacial score (nSPS) is 11.2. The molecule has 0 bridgehead atoms. The van der Waals surface area contributed by atoms with Crippen LogP contribution in [0.5, 0.6) is 0 Å². The number of aromatic nitrogens is 2. The Morgan fingerprint density at radius 3 is 2.52 bits per heavy atom. The molecule has 0 saturated heterocycles. The fourth-order valence-corrected chi connectivity index (χ4v) is 2.98. The van der Waals surface area contributed by atoms with Crippen molar-refractivity contribution >= 4 is 38.6 Å². The molecule has 3 aromatic rings. The van der Waals surface area contributed by atoms with Gasteiger partial charge in [0.2, 0.25) is 0 Å². The molecule has 0 unspecified atom stereocenters. The third kappa shape index (κ3) is 2.68. The Hall–Kier alpha value is -1.46. The van der Waals surface area contributed by atoms with Crippen LogP contribution in [-0.2, 0) is 6.42 Å². The van der Waals surface area contributed by atoms with Gasteiger partial charge in [-0.2, -0.15) is 0 Å². The highest BCUT2D eigenvalue weighted by atomic mass is 79.9. The van der Waals surface area contributed by atoms with E-state index in [0.29, 0.717) is 28.1 Å². The van der Waals surface area contributed by atoms with Gasteiger partial charge < -0.3 is 0 Å². The third-order valence-electron chi connectivity index (χ3n) is 3.15.